The molecule has 0 bridgehead atoms. The number of hydrogen-bond donors (Lipinski definition) is 3. The van der Waals surface area contributed by atoms with Gasteiger partial charge >= 0.3 is 6.18 Å². The molecule has 8 heteroatoms. The average molecular weight is 378 g/mol. The Morgan fingerprint density at radius 3 is 2.44 bits per heavy atom. The molecule has 4 nitrogen and oxygen atoms in total. The topological polar surface area (TPSA) is 53.2 Å². The summed E-state index contributed by atoms with van der Waals surface area (Å²) in [6, 6.07) is 2.62. The van der Waals surface area contributed by atoms with Crippen LogP contribution in [0, 0.1) is 5.92 Å². The monoisotopic (exact) mass is 377 g/mol. The Bertz CT molecular complexity index is 601. The molecule has 1 unspecified atom stereocenters. The Hall–Kier alpha value is -1.47. The lowest BCUT2D eigenvalue weighted by atomic mass is 10.0. The fraction of sp³-hybridized carbons (Fsp3) is 0.588. The molecule has 25 heavy (non-hydrogen) atoms. The van der Waals surface area contributed by atoms with Gasteiger partial charge in [0.2, 0.25) is 5.91 Å². The predicted octanol–water partition coefficient (Wildman–Crippen LogP) is 3.66. The van der Waals surface area contributed by atoms with Crippen molar-refractivity contribution >= 4 is 23.2 Å². The number of carbonyl (C=O) groups is 1. The zero-order valence-electron chi connectivity index (χ0n) is 14.2. The van der Waals surface area contributed by atoms with Gasteiger partial charge in [-0.15, -0.1) is 0 Å². The summed E-state index contributed by atoms with van der Waals surface area (Å²) in [5, 5.41) is 9.17. The van der Waals surface area contributed by atoms with Crippen LogP contribution in [0.2, 0.25) is 5.02 Å². The van der Waals surface area contributed by atoms with E-state index in [1.54, 1.807) is 0 Å². The number of benzene rings is 1. The Morgan fingerprint density at radius 1 is 1.28 bits per heavy atom. The lowest BCUT2D eigenvalue weighted by Crippen LogP contribution is -2.49. The van der Waals surface area contributed by atoms with Crippen LogP contribution in [-0.4, -0.2) is 31.1 Å². The summed E-state index contributed by atoms with van der Waals surface area (Å²) in [5.74, 6) is -0.224. The minimum Gasteiger partial charge on any atom is -0.372 e. The second-order valence-corrected chi connectivity index (χ2v) is 7.00. The van der Waals surface area contributed by atoms with Gasteiger partial charge in [-0.05, 0) is 50.0 Å². The fourth-order valence-electron chi connectivity index (χ4n) is 2.77. The normalized spacial score (nSPS) is 17.4. The molecule has 1 atom stereocenters. The SMILES string of the molecule is CC(C)C(Nc1ccc(C(F)(F)F)cc1Cl)C(=O)NC1CCNCC1. The van der Waals surface area contributed by atoms with Crippen LogP contribution >= 0.6 is 11.6 Å². The standard InChI is InChI=1S/C17H23ClF3N3O/c1-10(2)15(16(25)23-12-5-7-22-8-6-12)24-14-4-3-11(9-13(14)18)17(19,20)21/h3-4,9-10,12,15,22,24H,5-8H2,1-2H3,(H,23,25). The maximum Gasteiger partial charge on any atom is 0.416 e. The molecule has 0 saturated carbocycles. The number of alkyl halides is 3. The third kappa shape index (κ3) is 5.51. The van der Waals surface area contributed by atoms with Crippen molar-refractivity contribution in [3.8, 4) is 0 Å². The van der Waals surface area contributed by atoms with Gasteiger partial charge in [0.15, 0.2) is 0 Å². The van der Waals surface area contributed by atoms with Crippen LogP contribution in [0.3, 0.4) is 0 Å². The molecule has 1 fully saturated rings. The molecule has 0 aliphatic carbocycles. The van der Waals surface area contributed by atoms with Crippen LogP contribution in [0.5, 0.6) is 0 Å². The van der Waals surface area contributed by atoms with Crippen molar-refractivity contribution in [3.05, 3.63) is 28.8 Å². The van der Waals surface area contributed by atoms with Gasteiger partial charge in [0.1, 0.15) is 6.04 Å². The van der Waals surface area contributed by atoms with Gasteiger partial charge in [0, 0.05) is 6.04 Å². The lowest BCUT2D eigenvalue weighted by Gasteiger charge is -2.28. The second-order valence-electron chi connectivity index (χ2n) is 6.59. The van der Waals surface area contributed by atoms with Crippen molar-refractivity contribution in [1.29, 1.82) is 0 Å². The molecule has 2 rings (SSSR count). The maximum absolute atomic E-state index is 12.7. The van der Waals surface area contributed by atoms with E-state index in [2.05, 4.69) is 16.0 Å². The highest BCUT2D eigenvalue weighted by Gasteiger charge is 2.31. The Kier molecular flexibility index (Phi) is 6.57. The van der Waals surface area contributed by atoms with E-state index in [1.165, 1.54) is 6.07 Å². The number of carbonyl (C=O) groups excluding carboxylic acids is 1. The van der Waals surface area contributed by atoms with Crippen molar-refractivity contribution < 1.29 is 18.0 Å². The van der Waals surface area contributed by atoms with Gasteiger partial charge in [-0.1, -0.05) is 25.4 Å². The fourth-order valence-corrected chi connectivity index (χ4v) is 3.00. The molecule has 0 aromatic heterocycles. The number of amides is 1. The minimum atomic E-state index is -4.45. The van der Waals surface area contributed by atoms with Crippen LogP contribution in [-0.2, 0) is 11.0 Å². The lowest BCUT2D eigenvalue weighted by molar-refractivity contribution is -0.137. The van der Waals surface area contributed by atoms with E-state index in [1.807, 2.05) is 13.8 Å². The van der Waals surface area contributed by atoms with Crippen LogP contribution in [0.25, 0.3) is 0 Å². The molecular weight excluding hydrogens is 355 g/mol. The molecule has 1 amide bonds. The van der Waals surface area contributed by atoms with Gasteiger partial charge in [-0.25, -0.2) is 0 Å². The van der Waals surface area contributed by atoms with Crippen molar-refractivity contribution in [2.24, 2.45) is 5.92 Å². The van der Waals surface area contributed by atoms with Gasteiger partial charge in [0.05, 0.1) is 16.3 Å². The number of piperidine rings is 1. The highest BCUT2D eigenvalue weighted by molar-refractivity contribution is 6.33. The van der Waals surface area contributed by atoms with Gasteiger partial charge in [-0.2, -0.15) is 13.2 Å². The van der Waals surface area contributed by atoms with Crippen LogP contribution in [0.15, 0.2) is 18.2 Å². The van der Waals surface area contributed by atoms with E-state index < -0.39 is 17.8 Å². The van der Waals surface area contributed by atoms with Gasteiger partial charge in [-0.3, -0.25) is 4.79 Å². The summed E-state index contributed by atoms with van der Waals surface area (Å²) >= 11 is 5.98. The summed E-state index contributed by atoms with van der Waals surface area (Å²) in [5.41, 5.74) is -0.503. The minimum absolute atomic E-state index is 0.0555. The molecule has 1 aliphatic rings. The highest BCUT2D eigenvalue weighted by Crippen LogP contribution is 2.34. The zero-order valence-corrected chi connectivity index (χ0v) is 15.0. The quantitative estimate of drug-likeness (QED) is 0.734. The van der Waals surface area contributed by atoms with Crippen LogP contribution in [0.4, 0.5) is 18.9 Å². The molecule has 3 N–H and O–H groups in total. The molecular formula is C17H23ClF3N3O. The number of hydrogen-bond acceptors (Lipinski definition) is 3. The molecule has 0 spiro atoms. The van der Waals surface area contributed by atoms with Gasteiger partial charge in [0.25, 0.3) is 0 Å². The van der Waals surface area contributed by atoms with Crippen molar-refractivity contribution in [2.75, 3.05) is 18.4 Å². The highest BCUT2D eigenvalue weighted by atomic mass is 35.5. The first-order chi connectivity index (χ1) is 11.7. The molecule has 1 aromatic carbocycles. The first-order valence-corrected chi connectivity index (χ1v) is 8.70. The first-order valence-electron chi connectivity index (χ1n) is 8.33. The average Bonchev–Trinajstić information content (AvgIpc) is 2.53. The Morgan fingerprint density at radius 2 is 1.92 bits per heavy atom. The van der Waals surface area contributed by atoms with Gasteiger partial charge < -0.3 is 16.0 Å². The van der Waals surface area contributed by atoms with E-state index in [9.17, 15) is 18.0 Å². The van der Waals surface area contributed by atoms with Crippen molar-refractivity contribution in [1.82, 2.24) is 10.6 Å². The second kappa shape index (κ2) is 8.27. The number of rotatable bonds is 5. The Labute approximate surface area is 150 Å². The number of nitrogens with one attached hydrogen (secondary N) is 3. The zero-order chi connectivity index (χ0) is 18.6. The summed E-state index contributed by atoms with van der Waals surface area (Å²) in [4.78, 5) is 12.6. The van der Waals surface area contributed by atoms with Crippen LogP contribution in [0.1, 0.15) is 32.3 Å². The summed E-state index contributed by atoms with van der Waals surface area (Å²) in [7, 11) is 0. The first kappa shape index (κ1) is 19.8. The van der Waals surface area contributed by atoms with E-state index in [0.29, 0.717) is 5.69 Å². The molecule has 1 aliphatic heterocycles. The summed E-state index contributed by atoms with van der Waals surface area (Å²) in [6.45, 7) is 5.46. The smallest absolute Gasteiger partial charge is 0.372 e. The van der Waals surface area contributed by atoms with Crippen LogP contribution < -0.4 is 16.0 Å². The van der Waals surface area contributed by atoms with Crippen molar-refractivity contribution in [2.45, 2.75) is 44.9 Å². The largest absolute Gasteiger partial charge is 0.416 e. The number of halogens is 4. The summed E-state index contributed by atoms with van der Waals surface area (Å²) in [6.07, 6.45) is -2.73. The molecule has 0 radical (unpaired) electrons. The number of anilines is 1. The van der Waals surface area contributed by atoms with E-state index >= 15 is 0 Å². The molecule has 140 valence electrons. The van der Waals surface area contributed by atoms with E-state index in [-0.39, 0.29) is 22.9 Å². The Balaban J connectivity index is 2.09. The predicted molar refractivity (Wildman–Crippen MR) is 92.7 cm³/mol. The third-order valence-corrected chi connectivity index (χ3v) is 4.55. The molecule has 1 saturated heterocycles. The third-order valence-electron chi connectivity index (χ3n) is 4.24. The molecule has 1 aromatic rings. The summed E-state index contributed by atoms with van der Waals surface area (Å²) < 4.78 is 38.2. The maximum atomic E-state index is 12.7. The van der Waals surface area contributed by atoms with E-state index in [0.717, 1.165) is 38.1 Å². The molecule has 1 heterocycles. The van der Waals surface area contributed by atoms with Crippen molar-refractivity contribution in [3.63, 3.8) is 0 Å². The van der Waals surface area contributed by atoms with E-state index in [4.69, 9.17) is 11.6 Å².